The number of benzene rings is 6. The van der Waals surface area contributed by atoms with Crippen LogP contribution in [0.15, 0.2) is 201 Å². The highest BCUT2D eigenvalue weighted by Gasteiger charge is 2.40. The summed E-state index contributed by atoms with van der Waals surface area (Å²) in [7, 11) is -11.2. The Balaban J connectivity index is 0.000000221. The van der Waals surface area contributed by atoms with E-state index in [1.54, 1.807) is 134 Å². The minimum atomic E-state index is -3.78. The second kappa shape index (κ2) is 31.1. The molecule has 4 aromatic heterocycles. The summed E-state index contributed by atoms with van der Waals surface area (Å²) >= 11 is 3.60. The van der Waals surface area contributed by atoms with Crippen molar-refractivity contribution in [3.05, 3.63) is 209 Å². The lowest BCUT2D eigenvalue weighted by Crippen LogP contribution is -2.59. The number of carbonyl (C=O) groups excluding carboxylic acids is 3. The van der Waals surface area contributed by atoms with Gasteiger partial charge in [0.1, 0.15) is 30.3 Å². The number of piperazine rings is 2. The Kier molecular flexibility index (Phi) is 22.1. The predicted octanol–water partition coefficient (Wildman–Crippen LogP) is 12.3. The number of hydrogen-bond acceptors (Lipinski definition) is 19. The van der Waals surface area contributed by atoms with Gasteiger partial charge in [-0.2, -0.15) is 0 Å². The van der Waals surface area contributed by atoms with Crippen molar-refractivity contribution in [1.82, 2.24) is 29.3 Å². The fourth-order valence-corrected chi connectivity index (χ4v) is 18.4. The van der Waals surface area contributed by atoms with Crippen molar-refractivity contribution in [2.45, 2.75) is 78.8 Å². The first-order valence-corrected chi connectivity index (χ1v) is 40.1. The van der Waals surface area contributed by atoms with E-state index in [0.717, 1.165) is 43.9 Å². The van der Waals surface area contributed by atoms with E-state index in [2.05, 4.69) is 64.9 Å². The average Bonchev–Trinajstić information content (AvgIpc) is 1.78. The maximum absolute atomic E-state index is 14.1. The van der Waals surface area contributed by atoms with Gasteiger partial charge in [-0.1, -0.05) is 62.4 Å². The van der Waals surface area contributed by atoms with E-state index < -0.39 is 41.7 Å². The van der Waals surface area contributed by atoms with Crippen LogP contribution in [-0.4, -0.2) is 149 Å². The molecule has 3 saturated heterocycles. The summed E-state index contributed by atoms with van der Waals surface area (Å²) in [4.78, 5) is 63.7. The summed E-state index contributed by atoms with van der Waals surface area (Å²) in [5.74, 6) is -0.783. The number of aromatic nitrogens is 4. The molecule has 31 heteroatoms. The van der Waals surface area contributed by atoms with Crippen molar-refractivity contribution in [3.63, 3.8) is 0 Å². The molecule has 102 heavy (non-hydrogen) atoms. The molecule has 3 fully saturated rings. The lowest BCUT2D eigenvalue weighted by atomic mass is 9.84. The van der Waals surface area contributed by atoms with Crippen LogP contribution in [0.1, 0.15) is 64.3 Å². The maximum atomic E-state index is 14.1. The topological polar surface area (TPSA) is 273 Å². The van der Waals surface area contributed by atoms with Crippen molar-refractivity contribution in [2.24, 2.45) is 5.92 Å². The normalized spacial score (nSPS) is 16.3. The molecule has 14 rings (SSSR count). The van der Waals surface area contributed by atoms with E-state index >= 15 is 0 Å². The van der Waals surface area contributed by atoms with E-state index in [1.807, 2.05) is 23.1 Å². The number of anilines is 7. The van der Waals surface area contributed by atoms with Gasteiger partial charge < -0.3 is 39.1 Å². The number of thiazole rings is 3. The van der Waals surface area contributed by atoms with Crippen LogP contribution in [0.2, 0.25) is 0 Å². The molecule has 10 aromatic rings. The Morgan fingerprint density at radius 3 is 1.59 bits per heavy atom. The van der Waals surface area contributed by atoms with Crippen LogP contribution in [-0.2, 0) is 56.5 Å². The standard InChI is InChI=1S/C27H31N5O4S2.C25H25FN4O4S2.C19H19FN4O2S2.5H2/c1-19(2)25(32-14-5-7-20-6-3-4-8-23(20)32)26(34)30-15-16-31(24(33)18-30)21-9-11-22(12-10-21)38(35,36)29-27-28-13-17-37-27;1-17(30-13-9-20-21(26)3-2-4-22(20)30)23(31)29-14-10-25(32,11-15-29)18-5-7-19(8-6-18)36(33,34)28-24-27-12-16-35-24;20-17-3-1-2-4-18(17)24-12-10-23(11-13-24)15-5-7-16(8-6-15)28(25,26)22-19-21-9-14-27-19;;;;;/h3-4,6,8-13,17,19,25H,5,7,14-16,18H2,1-2H3,(H,28,29);2-9,12-13,16-17,32H,10-11,14-15H2,1H3,(H,27,28);1-9,14H,10-13H2,(H,21,22);5*1H/t25-;17-;;;;;;/m00....../s1. The summed E-state index contributed by atoms with van der Waals surface area (Å²) < 4.78 is 112. The molecule has 2 atom stereocenters. The molecule has 23 nitrogen and oxygen atoms in total. The molecular formula is C71H85F2N13O10S6. The van der Waals surface area contributed by atoms with Gasteiger partial charge in [-0.05, 0) is 147 Å². The van der Waals surface area contributed by atoms with Crippen molar-refractivity contribution >= 4 is 131 Å². The molecule has 0 bridgehead atoms. The number of amides is 3. The van der Waals surface area contributed by atoms with E-state index in [4.69, 9.17) is 0 Å². The van der Waals surface area contributed by atoms with Crippen LogP contribution in [0.5, 0.6) is 0 Å². The molecule has 8 heterocycles. The molecule has 0 radical (unpaired) electrons. The first-order valence-electron chi connectivity index (χ1n) is 33.0. The molecule has 4 aliphatic heterocycles. The number of nitrogens with one attached hydrogen (secondary N) is 3. The van der Waals surface area contributed by atoms with Crippen molar-refractivity contribution in [3.8, 4) is 0 Å². The number of rotatable bonds is 18. The smallest absolute Gasteiger partial charge is 0.263 e. The average molecular weight is 1510 g/mol. The number of para-hydroxylation sites is 2. The predicted molar refractivity (Wildman–Crippen MR) is 405 cm³/mol. The zero-order valence-electron chi connectivity index (χ0n) is 55.8. The molecule has 6 aromatic carbocycles. The van der Waals surface area contributed by atoms with E-state index in [0.29, 0.717) is 85.1 Å². The number of fused-ring (bicyclic) bond motifs is 2. The quantitative estimate of drug-likeness (QED) is 0.0621. The maximum Gasteiger partial charge on any atom is 0.263 e. The van der Waals surface area contributed by atoms with Gasteiger partial charge in [0.2, 0.25) is 17.7 Å². The first kappa shape index (κ1) is 72.4. The van der Waals surface area contributed by atoms with E-state index in [-0.39, 0.29) is 79.9 Å². The Morgan fingerprint density at radius 2 is 1.06 bits per heavy atom. The van der Waals surface area contributed by atoms with Crippen molar-refractivity contribution in [2.75, 3.05) is 99.2 Å². The summed E-state index contributed by atoms with van der Waals surface area (Å²) in [6.45, 7) is 11.0. The van der Waals surface area contributed by atoms with Crippen LogP contribution in [0.3, 0.4) is 0 Å². The Bertz CT molecular complexity index is 4940. The first-order chi connectivity index (χ1) is 48.9. The minimum Gasteiger partial charge on any atom is -0.385 e. The van der Waals surface area contributed by atoms with Crippen LogP contribution in [0, 0.1) is 17.6 Å². The third-order valence-corrected chi connectivity index (χ3v) is 24.9. The molecule has 0 spiro atoms. The van der Waals surface area contributed by atoms with Gasteiger partial charge in [-0.25, -0.2) is 49.0 Å². The number of halogens is 2. The molecule has 0 aliphatic carbocycles. The number of piperidine rings is 1. The molecule has 4 N–H and O–H groups in total. The van der Waals surface area contributed by atoms with Gasteiger partial charge in [-0.15, -0.1) is 34.0 Å². The van der Waals surface area contributed by atoms with Gasteiger partial charge in [0.15, 0.2) is 15.4 Å². The van der Waals surface area contributed by atoms with Crippen LogP contribution in [0.4, 0.5) is 46.9 Å². The number of hydrogen-bond donors (Lipinski definition) is 4. The third kappa shape index (κ3) is 16.4. The third-order valence-electron chi connectivity index (χ3n) is 18.4. The van der Waals surface area contributed by atoms with Gasteiger partial charge in [0, 0.05) is 129 Å². The number of carbonyl (C=O) groups is 3. The fraction of sp³-hybridized carbons (Fsp3) is 0.296. The second-order valence-electron chi connectivity index (χ2n) is 25.1. The lowest BCUT2D eigenvalue weighted by Gasteiger charge is -2.43. The number of aryl methyl sites for hydroxylation is 1. The number of sulfonamides is 3. The monoisotopic (exact) mass is 1510 g/mol. The lowest BCUT2D eigenvalue weighted by molar-refractivity contribution is -0.139. The number of aliphatic hydroxyl groups is 1. The highest BCUT2D eigenvalue weighted by Crippen LogP contribution is 2.37. The van der Waals surface area contributed by atoms with Crippen LogP contribution < -0.4 is 33.8 Å². The Morgan fingerprint density at radius 1 is 0.549 bits per heavy atom. The van der Waals surface area contributed by atoms with Gasteiger partial charge in [0.25, 0.3) is 30.1 Å². The molecule has 0 unspecified atom stereocenters. The van der Waals surface area contributed by atoms with Gasteiger partial charge >= 0.3 is 0 Å². The minimum absolute atomic E-state index is 0. The highest BCUT2D eigenvalue weighted by molar-refractivity contribution is 7.93. The summed E-state index contributed by atoms with van der Waals surface area (Å²) in [6, 6.07) is 39.7. The summed E-state index contributed by atoms with van der Waals surface area (Å²) in [6.07, 6.45) is 8.93. The number of nitrogens with zero attached hydrogens (tertiary/aromatic N) is 10. The van der Waals surface area contributed by atoms with Crippen LogP contribution >= 0.6 is 34.0 Å². The molecule has 4 aliphatic rings. The molecule has 3 amide bonds. The Labute approximate surface area is 610 Å². The summed E-state index contributed by atoms with van der Waals surface area (Å²) in [5, 5.41) is 17.7. The second-order valence-corrected chi connectivity index (χ2v) is 32.8. The zero-order chi connectivity index (χ0) is 71.9. The molecule has 0 saturated carbocycles. The highest BCUT2D eigenvalue weighted by atomic mass is 32.2. The summed E-state index contributed by atoms with van der Waals surface area (Å²) in [5.41, 5.74) is 4.61. The number of likely N-dealkylation sites (tertiary alicyclic amines) is 1. The fourth-order valence-electron chi connectivity index (χ4n) is 13.1. The van der Waals surface area contributed by atoms with Crippen molar-refractivity contribution < 1.29 is 60.7 Å². The van der Waals surface area contributed by atoms with E-state index in [9.17, 15) is 53.5 Å². The van der Waals surface area contributed by atoms with Gasteiger partial charge in [0.05, 0.1) is 31.5 Å². The Hall–Kier alpha value is -9.37. The van der Waals surface area contributed by atoms with Crippen molar-refractivity contribution in [1.29, 1.82) is 0 Å². The van der Waals surface area contributed by atoms with Gasteiger partial charge in [-0.3, -0.25) is 28.5 Å². The van der Waals surface area contributed by atoms with E-state index in [1.165, 1.54) is 88.4 Å². The largest absolute Gasteiger partial charge is 0.385 e. The molecular weight excluding hydrogens is 1430 g/mol. The molecule has 544 valence electrons. The zero-order valence-corrected chi connectivity index (χ0v) is 60.7. The van der Waals surface area contributed by atoms with Crippen LogP contribution in [0.25, 0.3) is 10.9 Å². The SMILES string of the molecule is CC(C)[C@@H](C(=O)N1CCN(c2ccc(S(=O)(=O)Nc3nccs3)cc2)C(=O)C1)N1CCCc2ccccc21.C[C@@H](C(=O)N1CCC(O)(c2ccc(S(=O)(=O)Nc3nccs3)cc2)CC1)n1ccc2c(F)cccc21.O=S(=O)(Nc1nccs1)c1ccc(N2CCN(c3ccccc3F)CC2)cc1.[HH].[HH].[HH].[HH].[HH].